The first-order valence-electron chi connectivity index (χ1n) is 7.74. The molecule has 1 rings (SSSR count). The Balaban J connectivity index is 0.00000400. The van der Waals surface area contributed by atoms with E-state index in [2.05, 4.69) is 5.32 Å². The molecular formula is C15H29ClN2O3. The lowest BCUT2D eigenvalue weighted by atomic mass is 10.1. The Morgan fingerprint density at radius 1 is 1.29 bits per heavy atom. The van der Waals surface area contributed by atoms with Gasteiger partial charge in [-0.15, -0.1) is 12.4 Å². The van der Waals surface area contributed by atoms with Crippen LogP contribution in [-0.4, -0.2) is 46.6 Å². The molecular weight excluding hydrogens is 292 g/mol. The normalized spacial score (nSPS) is 16.6. The predicted molar refractivity (Wildman–Crippen MR) is 85.8 cm³/mol. The van der Waals surface area contributed by atoms with E-state index in [0.717, 1.165) is 19.3 Å². The average molecular weight is 321 g/mol. The van der Waals surface area contributed by atoms with Crippen LogP contribution in [0.1, 0.15) is 59.3 Å². The number of carbonyl (C=O) groups is 2. The molecule has 21 heavy (non-hydrogen) atoms. The van der Waals surface area contributed by atoms with Gasteiger partial charge in [0.2, 0.25) is 5.91 Å². The van der Waals surface area contributed by atoms with Gasteiger partial charge in [0.05, 0.1) is 6.54 Å². The van der Waals surface area contributed by atoms with Crippen LogP contribution in [0.5, 0.6) is 0 Å². The van der Waals surface area contributed by atoms with Crippen molar-refractivity contribution in [1.29, 1.82) is 0 Å². The van der Waals surface area contributed by atoms with E-state index in [1.807, 2.05) is 25.7 Å². The molecule has 0 saturated heterocycles. The topological polar surface area (TPSA) is 69.6 Å². The smallest absolute Gasteiger partial charge is 0.320 e. The van der Waals surface area contributed by atoms with Gasteiger partial charge >= 0.3 is 5.97 Å². The fourth-order valence-corrected chi connectivity index (χ4v) is 3.00. The lowest BCUT2D eigenvalue weighted by Crippen LogP contribution is -2.50. The van der Waals surface area contributed by atoms with Crippen LogP contribution in [0.15, 0.2) is 0 Å². The summed E-state index contributed by atoms with van der Waals surface area (Å²) >= 11 is 0. The minimum Gasteiger partial charge on any atom is -0.480 e. The molecule has 1 unspecified atom stereocenters. The first kappa shape index (κ1) is 20.2. The molecule has 0 spiro atoms. The molecule has 0 aromatic rings. The van der Waals surface area contributed by atoms with Gasteiger partial charge in [0.15, 0.2) is 0 Å². The quantitative estimate of drug-likeness (QED) is 0.720. The van der Waals surface area contributed by atoms with Crippen LogP contribution in [-0.2, 0) is 9.59 Å². The highest BCUT2D eigenvalue weighted by atomic mass is 35.5. The van der Waals surface area contributed by atoms with Gasteiger partial charge in [-0.1, -0.05) is 26.2 Å². The summed E-state index contributed by atoms with van der Waals surface area (Å²) < 4.78 is 0. The van der Waals surface area contributed by atoms with E-state index in [9.17, 15) is 9.59 Å². The maximum absolute atomic E-state index is 12.4. The van der Waals surface area contributed by atoms with Crippen molar-refractivity contribution >= 4 is 24.3 Å². The SMILES string of the molecule is CCCC(NCC(=O)N(C(C)C)C1CCCC1)C(=O)O.Cl. The molecule has 5 nitrogen and oxygen atoms in total. The number of halogens is 1. The molecule has 124 valence electrons. The highest BCUT2D eigenvalue weighted by Gasteiger charge is 2.29. The Morgan fingerprint density at radius 2 is 1.86 bits per heavy atom. The van der Waals surface area contributed by atoms with E-state index in [0.29, 0.717) is 12.5 Å². The number of nitrogens with one attached hydrogen (secondary N) is 1. The summed E-state index contributed by atoms with van der Waals surface area (Å²) in [6.45, 7) is 6.11. The maximum Gasteiger partial charge on any atom is 0.320 e. The number of carboxylic acids is 1. The van der Waals surface area contributed by atoms with E-state index in [4.69, 9.17) is 5.11 Å². The monoisotopic (exact) mass is 320 g/mol. The van der Waals surface area contributed by atoms with Crippen LogP contribution >= 0.6 is 12.4 Å². The molecule has 6 heteroatoms. The van der Waals surface area contributed by atoms with Gasteiger partial charge in [0, 0.05) is 12.1 Å². The summed E-state index contributed by atoms with van der Waals surface area (Å²) in [6, 6.07) is -0.123. The van der Waals surface area contributed by atoms with Gasteiger partial charge in [0.25, 0.3) is 0 Å². The third kappa shape index (κ3) is 6.22. The van der Waals surface area contributed by atoms with Crippen LogP contribution in [0.2, 0.25) is 0 Å². The lowest BCUT2D eigenvalue weighted by molar-refractivity contribution is -0.140. The number of rotatable bonds is 8. The first-order chi connectivity index (χ1) is 9.47. The zero-order chi connectivity index (χ0) is 15.1. The minimum atomic E-state index is -0.878. The van der Waals surface area contributed by atoms with Gasteiger partial charge in [-0.3, -0.25) is 14.9 Å². The minimum absolute atomic E-state index is 0. The molecule has 0 bridgehead atoms. The lowest BCUT2D eigenvalue weighted by Gasteiger charge is -2.33. The molecule has 1 fully saturated rings. The fraction of sp³-hybridized carbons (Fsp3) is 0.867. The highest BCUT2D eigenvalue weighted by Crippen LogP contribution is 2.25. The molecule has 1 aliphatic carbocycles. The molecule has 2 N–H and O–H groups in total. The number of carboxylic acid groups (broad SMARTS) is 1. The van der Waals surface area contributed by atoms with Gasteiger partial charge in [-0.2, -0.15) is 0 Å². The number of amides is 1. The molecule has 1 saturated carbocycles. The van der Waals surface area contributed by atoms with Crippen LogP contribution in [0, 0.1) is 0 Å². The third-order valence-electron chi connectivity index (χ3n) is 3.94. The average Bonchev–Trinajstić information content (AvgIpc) is 2.87. The fourth-order valence-electron chi connectivity index (χ4n) is 3.00. The Morgan fingerprint density at radius 3 is 2.29 bits per heavy atom. The van der Waals surface area contributed by atoms with E-state index in [1.165, 1.54) is 12.8 Å². The largest absolute Gasteiger partial charge is 0.480 e. The zero-order valence-electron chi connectivity index (χ0n) is 13.3. The van der Waals surface area contributed by atoms with Crippen molar-refractivity contribution < 1.29 is 14.7 Å². The summed E-state index contributed by atoms with van der Waals surface area (Å²) in [7, 11) is 0. The molecule has 0 aromatic heterocycles. The zero-order valence-corrected chi connectivity index (χ0v) is 14.1. The second kappa shape index (κ2) is 10.0. The van der Waals surface area contributed by atoms with Gasteiger partial charge in [0.1, 0.15) is 6.04 Å². The molecule has 0 radical (unpaired) electrons. The van der Waals surface area contributed by atoms with E-state index < -0.39 is 12.0 Å². The number of hydrogen-bond donors (Lipinski definition) is 2. The van der Waals surface area contributed by atoms with Crippen molar-refractivity contribution in [2.24, 2.45) is 0 Å². The van der Waals surface area contributed by atoms with E-state index >= 15 is 0 Å². The van der Waals surface area contributed by atoms with Crippen molar-refractivity contribution in [2.75, 3.05) is 6.54 Å². The summed E-state index contributed by atoms with van der Waals surface area (Å²) in [4.78, 5) is 25.4. The number of aliphatic carboxylic acids is 1. The van der Waals surface area contributed by atoms with Crippen molar-refractivity contribution in [1.82, 2.24) is 10.2 Å². The van der Waals surface area contributed by atoms with Gasteiger partial charge in [-0.05, 0) is 33.1 Å². The molecule has 0 heterocycles. The van der Waals surface area contributed by atoms with Crippen LogP contribution in [0.4, 0.5) is 0 Å². The van der Waals surface area contributed by atoms with Gasteiger partial charge < -0.3 is 10.0 Å². The number of hydrogen-bond acceptors (Lipinski definition) is 3. The van der Waals surface area contributed by atoms with Crippen molar-refractivity contribution in [3.05, 3.63) is 0 Å². The molecule has 1 atom stereocenters. The molecule has 1 amide bonds. The van der Waals surface area contributed by atoms with Crippen LogP contribution < -0.4 is 5.32 Å². The summed E-state index contributed by atoms with van der Waals surface area (Å²) in [5.41, 5.74) is 0. The summed E-state index contributed by atoms with van der Waals surface area (Å²) in [5.74, 6) is -0.856. The van der Waals surface area contributed by atoms with Crippen molar-refractivity contribution in [3.8, 4) is 0 Å². The Hall–Kier alpha value is -0.810. The second-order valence-corrected chi connectivity index (χ2v) is 5.89. The Bertz CT molecular complexity index is 331. The van der Waals surface area contributed by atoms with Crippen LogP contribution in [0.25, 0.3) is 0 Å². The van der Waals surface area contributed by atoms with Crippen molar-refractivity contribution in [3.63, 3.8) is 0 Å². The Kier molecular flexibility index (Phi) is 9.62. The number of carbonyl (C=O) groups excluding carboxylic acids is 1. The maximum atomic E-state index is 12.4. The summed E-state index contributed by atoms with van der Waals surface area (Å²) in [6.07, 6.45) is 5.84. The van der Waals surface area contributed by atoms with Crippen LogP contribution in [0.3, 0.4) is 0 Å². The second-order valence-electron chi connectivity index (χ2n) is 5.89. The Labute approximate surface area is 133 Å². The standard InChI is InChI=1S/C15H28N2O3.ClH/c1-4-7-13(15(19)20)16-10-14(18)17(11(2)3)12-8-5-6-9-12;/h11-13,16H,4-10H2,1-3H3,(H,19,20);1H. The van der Waals surface area contributed by atoms with Gasteiger partial charge in [-0.25, -0.2) is 0 Å². The highest BCUT2D eigenvalue weighted by molar-refractivity contribution is 5.85. The summed E-state index contributed by atoms with van der Waals surface area (Å²) in [5, 5.41) is 12.0. The predicted octanol–water partition coefficient (Wildman–Crippen LogP) is 2.43. The first-order valence-corrected chi connectivity index (χ1v) is 7.74. The van der Waals surface area contributed by atoms with E-state index in [-0.39, 0.29) is 30.9 Å². The molecule has 0 aromatic carbocycles. The molecule has 1 aliphatic rings. The molecule has 0 aliphatic heterocycles. The third-order valence-corrected chi connectivity index (χ3v) is 3.94. The van der Waals surface area contributed by atoms with E-state index in [1.54, 1.807) is 0 Å². The number of nitrogens with zero attached hydrogens (tertiary/aromatic N) is 1. The van der Waals surface area contributed by atoms with Crippen molar-refractivity contribution in [2.45, 2.75) is 77.4 Å².